The van der Waals surface area contributed by atoms with Crippen LogP contribution in [0, 0.1) is 0 Å². The van der Waals surface area contributed by atoms with Gasteiger partial charge in [0.15, 0.2) is 5.96 Å². The number of rotatable bonds is 5. The van der Waals surface area contributed by atoms with Gasteiger partial charge in [-0.1, -0.05) is 12.8 Å². The second-order valence-corrected chi connectivity index (χ2v) is 7.18. The monoisotopic (exact) mass is 377 g/mol. The van der Waals surface area contributed by atoms with Crippen LogP contribution < -0.4 is 10.6 Å². The van der Waals surface area contributed by atoms with Gasteiger partial charge in [-0.25, -0.2) is 0 Å². The molecule has 1 saturated heterocycles. The number of hydrogen-bond donors (Lipinski definition) is 2. The lowest BCUT2D eigenvalue weighted by atomic mass is 10.0. The van der Waals surface area contributed by atoms with E-state index < -0.39 is 18.6 Å². The quantitative estimate of drug-likeness (QED) is 0.564. The maximum atomic E-state index is 12.3. The van der Waals surface area contributed by atoms with Gasteiger partial charge in [0.2, 0.25) is 5.91 Å². The van der Waals surface area contributed by atoms with Gasteiger partial charge in [0.05, 0.1) is 6.54 Å². The number of alkyl halides is 3. The zero-order valence-electron chi connectivity index (χ0n) is 15.6. The number of likely N-dealkylation sites (tertiary alicyclic amines) is 1. The highest BCUT2D eigenvalue weighted by Gasteiger charge is 2.31. The average Bonchev–Trinajstić information content (AvgIpc) is 3.11. The number of amides is 1. The summed E-state index contributed by atoms with van der Waals surface area (Å²) in [5.41, 5.74) is 0. The Kier molecular flexibility index (Phi) is 7.55. The lowest BCUT2D eigenvalue weighted by molar-refractivity contribution is -0.157. The molecule has 0 aromatic carbocycles. The summed E-state index contributed by atoms with van der Waals surface area (Å²) in [7, 11) is 2.74. The van der Waals surface area contributed by atoms with Crippen molar-refractivity contribution >= 4 is 11.9 Å². The second-order valence-electron chi connectivity index (χ2n) is 7.18. The van der Waals surface area contributed by atoms with Crippen molar-refractivity contribution in [1.82, 2.24) is 20.4 Å². The van der Waals surface area contributed by atoms with Crippen molar-refractivity contribution in [2.45, 2.75) is 56.8 Å². The minimum Gasteiger partial charge on any atom is -0.354 e. The van der Waals surface area contributed by atoms with Crippen LogP contribution >= 0.6 is 0 Å². The van der Waals surface area contributed by atoms with Crippen LogP contribution in [0.15, 0.2) is 4.99 Å². The third-order valence-corrected chi connectivity index (χ3v) is 5.18. The molecule has 1 aliphatic heterocycles. The van der Waals surface area contributed by atoms with Gasteiger partial charge in [0, 0.05) is 39.3 Å². The molecule has 0 radical (unpaired) electrons. The Hall–Kier alpha value is -1.51. The molecule has 0 aromatic rings. The van der Waals surface area contributed by atoms with Crippen LogP contribution in [0.4, 0.5) is 13.2 Å². The summed E-state index contributed by atoms with van der Waals surface area (Å²) in [6, 6.07) is 0.997. The predicted molar refractivity (Wildman–Crippen MR) is 95.0 cm³/mol. The summed E-state index contributed by atoms with van der Waals surface area (Å²) in [4.78, 5) is 19.1. The average molecular weight is 377 g/mol. The highest BCUT2D eigenvalue weighted by molar-refractivity contribution is 5.86. The molecule has 2 fully saturated rings. The summed E-state index contributed by atoms with van der Waals surface area (Å²) in [5.74, 6) is -0.167. The Bertz CT molecular complexity index is 483. The summed E-state index contributed by atoms with van der Waals surface area (Å²) >= 11 is 0. The molecule has 0 atom stereocenters. The molecule has 2 N–H and O–H groups in total. The van der Waals surface area contributed by atoms with E-state index in [0.717, 1.165) is 39.0 Å². The predicted octanol–water partition coefficient (Wildman–Crippen LogP) is 1.58. The van der Waals surface area contributed by atoms with E-state index in [0.29, 0.717) is 10.9 Å². The molecule has 1 amide bonds. The minimum atomic E-state index is -4.39. The van der Waals surface area contributed by atoms with Crippen LogP contribution in [-0.2, 0) is 4.79 Å². The topological polar surface area (TPSA) is 60.0 Å². The smallest absolute Gasteiger partial charge is 0.354 e. The molecule has 2 rings (SSSR count). The number of halogens is 3. The largest absolute Gasteiger partial charge is 0.406 e. The lowest BCUT2D eigenvalue weighted by Gasteiger charge is -2.36. The zero-order chi connectivity index (χ0) is 19.2. The second kappa shape index (κ2) is 9.43. The van der Waals surface area contributed by atoms with E-state index in [9.17, 15) is 18.0 Å². The summed E-state index contributed by atoms with van der Waals surface area (Å²) in [5, 5.41) is 6.09. The molecule has 1 saturated carbocycles. The molecule has 1 aliphatic carbocycles. The van der Waals surface area contributed by atoms with Crippen LogP contribution in [0.25, 0.3) is 0 Å². The minimum absolute atomic E-state index is 0.215. The Morgan fingerprint density at radius 3 is 2.35 bits per heavy atom. The van der Waals surface area contributed by atoms with Gasteiger partial charge in [-0.15, -0.1) is 0 Å². The van der Waals surface area contributed by atoms with E-state index in [2.05, 4.69) is 20.5 Å². The van der Waals surface area contributed by atoms with Crippen molar-refractivity contribution < 1.29 is 18.0 Å². The summed E-state index contributed by atoms with van der Waals surface area (Å²) in [6.07, 6.45) is 2.87. The summed E-state index contributed by atoms with van der Waals surface area (Å²) in [6.45, 7) is 0.630. The number of aliphatic imine (C=N–C) groups is 1. The maximum absolute atomic E-state index is 12.3. The van der Waals surface area contributed by atoms with Crippen LogP contribution in [0.5, 0.6) is 0 Å². The molecular weight excluding hydrogens is 347 g/mol. The molecule has 150 valence electrons. The third kappa shape index (κ3) is 6.66. The summed E-state index contributed by atoms with van der Waals surface area (Å²) < 4.78 is 37.0. The van der Waals surface area contributed by atoms with E-state index in [-0.39, 0.29) is 12.6 Å². The first-order valence-corrected chi connectivity index (χ1v) is 9.30. The maximum Gasteiger partial charge on any atom is 0.406 e. The third-order valence-electron chi connectivity index (χ3n) is 5.18. The van der Waals surface area contributed by atoms with E-state index in [1.54, 1.807) is 7.05 Å². The fourth-order valence-corrected chi connectivity index (χ4v) is 3.72. The van der Waals surface area contributed by atoms with Crippen molar-refractivity contribution in [2.75, 3.05) is 40.3 Å². The van der Waals surface area contributed by atoms with Crippen LogP contribution in [0.1, 0.15) is 38.5 Å². The first kappa shape index (κ1) is 20.8. The number of likely N-dealkylation sites (N-methyl/N-ethyl adjacent to an activating group) is 1. The Balaban J connectivity index is 1.70. The van der Waals surface area contributed by atoms with E-state index in [4.69, 9.17) is 0 Å². The van der Waals surface area contributed by atoms with Gasteiger partial charge in [-0.2, -0.15) is 13.2 Å². The van der Waals surface area contributed by atoms with Crippen molar-refractivity contribution in [3.8, 4) is 0 Å². The number of guanidine groups is 1. The first-order valence-electron chi connectivity index (χ1n) is 9.30. The van der Waals surface area contributed by atoms with E-state index in [1.165, 1.54) is 25.7 Å². The first-order chi connectivity index (χ1) is 12.3. The van der Waals surface area contributed by atoms with Crippen LogP contribution in [0.3, 0.4) is 0 Å². The molecule has 0 bridgehead atoms. The number of carbonyl (C=O) groups excluding carboxylic acids is 1. The Morgan fingerprint density at radius 1 is 1.19 bits per heavy atom. The van der Waals surface area contributed by atoms with Gasteiger partial charge >= 0.3 is 6.18 Å². The van der Waals surface area contributed by atoms with Crippen molar-refractivity contribution in [3.63, 3.8) is 0 Å². The highest BCUT2D eigenvalue weighted by atomic mass is 19.4. The standard InChI is InChI=1S/C17H30F3N5O/c1-21-16(22-11-15(26)24(2)12-17(18,19)20)23-13-7-9-25(10-8-13)14-5-3-4-6-14/h13-14H,3-12H2,1-2H3,(H2,21,22,23). The van der Waals surface area contributed by atoms with E-state index >= 15 is 0 Å². The van der Waals surface area contributed by atoms with Gasteiger partial charge < -0.3 is 20.4 Å². The lowest BCUT2D eigenvalue weighted by Crippen LogP contribution is -2.51. The van der Waals surface area contributed by atoms with Crippen molar-refractivity contribution in [2.24, 2.45) is 4.99 Å². The highest BCUT2D eigenvalue weighted by Crippen LogP contribution is 2.26. The zero-order valence-corrected chi connectivity index (χ0v) is 15.6. The van der Waals surface area contributed by atoms with E-state index in [1.807, 2.05) is 0 Å². The van der Waals surface area contributed by atoms with Crippen LogP contribution in [-0.4, -0.2) is 80.2 Å². The Labute approximate surface area is 153 Å². The van der Waals surface area contributed by atoms with Gasteiger partial charge in [-0.3, -0.25) is 9.79 Å². The molecule has 9 heteroatoms. The molecule has 26 heavy (non-hydrogen) atoms. The Morgan fingerprint density at radius 2 is 1.81 bits per heavy atom. The van der Waals surface area contributed by atoms with Gasteiger partial charge in [-0.05, 0) is 25.7 Å². The van der Waals surface area contributed by atoms with Crippen molar-refractivity contribution in [3.05, 3.63) is 0 Å². The number of hydrogen-bond acceptors (Lipinski definition) is 3. The molecule has 6 nitrogen and oxygen atoms in total. The number of nitrogens with one attached hydrogen (secondary N) is 2. The number of carbonyl (C=O) groups is 1. The molecule has 0 aromatic heterocycles. The molecule has 2 aliphatic rings. The fraction of sp³-hybridized carbons (Fsp3) is 0.882. The van der Waals surface area contributed by atoms with Crippen molar-refractivity contribution in [1.29, 1.82) is 0 Å². The van der Waals surface area contributed by atoms with Gasteiger partial charge in [0.1, 0.15) is 6.54 Å². The molecule has 1 heterocycles. The number of piperidine rings is 1. The van der Waals surface area contributed by atoms with Crippen LogP contribution in [0.2, 0.25) is 0 Å². The SMILES string of the molecule is CN=C(NCC(=O)N(C)CC(F)(F)F)NC1CCN(C2CCCC2)CC1. The van der Waals surface area contributed by atoms with Gasteiger partial charge in [0.25, 0.3) is 0 Å². The molecule has 0 unspecified atom stereocenters. The molecular formula is C17H30F3N5O. The molecule has 0 spiro atoms. The normalized spacial score (nSPS) is 21.0. The number of nitrogens with zero attached hydrogens (tertiary/aromatic N) is 3. The fourth-order valence-electron chi connectivity index (χ4n) is 3.72.